The van der Waals surface area contributed by atoms with Crippen LogP contribution in [0.25, 0.3) is 0 Å². The molecule has 15 heavy (non-hydrogen) atoms. The molecule has 0 aliphatic heterocycles. The van der Waals surface area contributed by atoms with Crippen molar-refractivity contribution in [3.05, 3.63) is 0 Å². The van der Waals surface area contributed by atoms with Crippen molar-refractivity contribution >= 4 is 53.1 Å². The fraction of sp³-hybridized carbons (Fsp3) is 0. The van der Waals surface area contributed by atoms with Gasteiger partial charge < -0.3 is 14.7 Å². The molecule has 0 aromatic rings. The second kappa shape index (κ2) is 7.36. The summed E-state index contributed by atoms with van der Waals surface area (Å²) in [6.07, 6.45) is 0. The minimum absolute atomic E-state index is 0. The third kappa shape index (κ3) is 15.9. The Bertz CT molecular complexity index is 287. The summed E-state index contributed by atoms with van der Waals surface area (Å²) in [5, 5.41) is 0. The molecule has 0 rings (SSSR count). The van der Waals surface area contributed by atoms with E-state index in [0.29, 0.717) is 0 Å². The van der Waals surface area contributed by atoms with Gasteiger partial charge in [0.1, 0.15) is 0 Å². The molecule has 0 aliphatic carbocycles. The summed E-state index contributed by atoms with van der Waals surface area (Å²) in [4.78, 5) is 31.8. The van der Waals surface area contributed by atoms with Gasteiger partial charge in [-0.1, -0.05) is 0 Å². The Morgan fingerprint density at radius 3 is 1.47 bits per heavy atom. The Balaban J connectivity index is -0.000000720. The molecule has 0 saturated carbocycles. The normalized spacial score (nSPS) is 19.0. The number of hydrogen-bond acceptors (Lipinski definition) is 5. The van der Waals surface area contributed by atoms with Crippen molar-refractivity contribution in [2.45, 2.75) is 0 Å². The average molecular weight is 340 g/mol. The van der Waals surface area contributed by atoms with E-state index in [2.05, 4.69) is 8.62 Å². The van der Waals surface area contributed by atoms with Gasteiger partial charge in [0.2, 0.25) is 0 Å². The summed E-state index contributed by atoms with van der Waals surface area (Å²) in [6.45, 7) is 0. The standard InChI is InChI=1S/FH4O9P3.Fe.Na.H/c1-11(2,3)9-13(7,8)10-12(4,5)6;;;/h(H,2,3)(H,7,8)(H2,4,5,6);;;. The van der Waals surface area contributed by atoms with Crippen molar-refractivity contribution in [1.29, 1.82) is 0 Å². The van der Waals surface area contributed by atoms with Crippen LogP contribution in [-0.2, 0) is 39.4 Å². The van der Waals surface area contributed by atoms with Crippen molar-refractivity contribution in [1.82, 2.24) is 0 Å². The van der Waals surface area contributed by atoms with E-state index >= 15 is 0 Å². The second-order valence-electron chi connectivity index (χ2n) is 1.57. The van der Waals surface area contributed by atoms with Gasteiger partial charge in [0, 0.05) is 17.1 Å². The van der Waals surface area contributed by atoms with Crippen LogP contribution in [0, 0.1) is 0 Å². The van der Waals surface area contributed by atoms with Gasteiger partial charge in [-0.3, -0.25) is 4.89 Å². The van der Waals surface area contributed by atoms with E-state index < -0.39 is 23.6 Å². The molecular weight excluding hydrogens is 335 g/mol. The Hall–Kier alpha value is 1.90. The molecule has 0 fully saturated rings. The van der Waals surface area contributed by atoms with Crippen LogP contribution in [0.3, 0.4) is 0 Å². The maximum absolute atomic E-state index is 11.7. The van der Waals surface area contributed by atoms with E-state index in [-0.39, 0.29) is 46.6 Å². The van der Waals surface area contributed by atoms with Crippen LogP contribution >= 0.6 is 23.6 Å². The quantitative estimate of drug-likeness (QED) is 0.397. The zero-order valence-corrected chi connectivity index (χ0v) is 9.69. The minimum atomic E-state index is -5.85. The first-order valence-corrected chi connectivity index (χ1v) is 6.74. The van der Waals surface area contributed by atoms with Gasteiger partial charge in [0.15, 0.2) is 0 Å². The van der Waals surface area contributed by atoms with E-state index in [4.69, 9.17) is 19.6 Å². The number of phosphoric acid groups is 2. The van der Waals surface area contributed by atoms with Crippen LogP contribution in [0.4, 0.5) is 4.20 Å². The molecule has 0 radical (unpaired) electrons. The van der Waals surface area contributed by atoms with Crippen LogP contribution in [0.5, 0.6) is 0 Å². The van der Waals surface area contributed by atoms with Crippen molar-refractivity contribution in [2.75, 3.05) is 0 Å². The van der Waals surface area contributed by atoms with Crippen LogP contribution in [0.2, 0.25) is 0 Å². The number of hydrogen-bond donors (Lipinski definition) is 4. The molecule has 9 nitrogen and oxygen atoms in total. The van der Waals surface area contributed by atoms with Crippen LogP contribution in [-0.4, -0.2) is 49.1 Å². The molecular formula is H5FFeNaO9P3. The molecule has 0 bridgehead atoms. The van der Waals surface area contributed by atoms with E-state index in [1.807, 2.05) is 0 Å². The first-order chi connectivity index (χ1) is 5.41. The Morgan fingerprint density at radius 2 is 1.27 bits per heavy atom. The molecule has 0 aromatic carbocycles. The molecule has 0 spiro atoms. The number of rotatable bonds is 4. The van der Waals surface area contributed by atoms with Crippen molar-refractivity contribution in [3.8, 4) is 0 Å². The van der Waals surface area contributed by atoms with Crippen molar-refractivity contribution in [2.24, 2.45) is 0 Å². The Labute approximate surface area is 116 Å². The molecule has 2 unspecified atom stereocenters. The van der Waals surface area contributed by atoms with E-state index in [1.165, 1.54) is 0 Å². The molecule has 4 N–H and O–H groups in total. The predicted molar refractivity (Wildman–Crippen MR) is 42.1 cm³/mol. The fourth-order valence-corrected chi connectivity index (χ4v) is 2.76. The van der Waals surface area contributed by atoms with Gasteiger partial charge in [-0.25, -0.2) is 13.7 Å². The molecule has 0 aliphatic rings. The summed E-state index contributed by atoms with van der Waals surface area (Å²) < 4.78 is 47.4. The monoisotopic (exact) mass is 340 g/mol. The van der Waals surface area contributed by atoms with E-state index in [9.17, 15) is 17.9 Å². The van der Waals surface area contributed by atoms with Gasteiger partial charge in [0.25, 0.3) is 0 Å². The SMILES string of the molecule is O=P(O)(O)OP(=O)(O)OP(=O)(O)F.[Fe].[NaH]. The third-order valence-corrected chi connectivity index (χ3v) is 3.72. The third-order valence-electron chi connectivity index (χ3n) is 0.413. The Morgan fingerprint density at radius 1 is 0.933 bits per heavy atom. The first kappa shape index (κ1) is 22.1. The molecule has 90 valence electrons. The van der Waals surface area contributed by atoms with Crippen LogP contribution in [0.15, 0.2) is 0 Å². The molecule has 0 amide bonds. The molecule has 0 aromatic heterocycles. The fourth-order valence-electron chi connectivity index (χ4n) is 0.277. The van der Waals surface area contributed by atoms with E-state index in [1.54, 1.807) is 0 Å². The summed E-state index contributed by atoms with van der Waals surface area (Å²) in [5.41, 5.74) is 0. The van der Waals surface area contributed by atoms with Gasteiger partial charge in [-0.15, -0.1) is 4.20 Å². The van der Waals surface area contributed by atoms with Crippen LogP contribution in [0.1, 0.15) is 0 Å². The van der Waals surface area contributed by atoms with Gasteiger partial charge in [-0.05, 0) is 0 Å². The molecule has 2 atom stereocenters. The second-order valence-corrected chi connectivity index (χ2v) is 5.70. The van der Waals surface area contributed by atoms with Gasteiger partial charge in [-0.2, -0.15) is 8.62 Å². The topological polar surface area (TPSA) is 151 Å². The molecule has 0 saturated heterocycles. The predicted octanol–water partition coefficient (Wildman–Crippen LogP) is -0.368. The van der Waals surface area contributed by atoms with Crippen molar-refractivity contribution in [3.63, 3.8) is 0 Å². The molecule has 0 heterocycles. The molecule has 15 heteroatoms. The summed E-state index contributed by atoms with van der Waals surface area (Å²) in [5.74, 6) is 0. The Kier molecular flexibility index (Phi) is 10.8. The summed E-state index contributed by atoms with van der Waals surface area (Å²) in [6, 6.07) is 0. The van der Waals surface area contributed by atoms with Gasteiger partial charge in [0.05, 0.1) is 0 Å². The summed E-state index contributed by atoms with van der Waals surface area (Å²) in [7, 11) is -16.9. The van der Waals surface area contributed by atoms with E-state index in [0.717, 1.165) is 0 Å². The first-order valence-electron chi connectivity index (χ1n) is 2.25. The zero-order valence-electron chi connectivity index (χ0n) is 5.90. The zero-order chi connectivity index (χ0) is 10.9. The number of halogens is 1. The summed E-state index contributed by atoms with van der Waals surface area (Å²) >= 11 is 0. The van der Waals surface area contributed by atoms with Crippen molar-refractivity contribution < 1.29 is 63.2 Å². The maximum atomic E-state index is 11.7. The average Bonchev–Trinajstić information content (AvgIpc) is 1.43. The van der Waals surface area contributed by atoms with Gasteiger partial charge >= 0.3 is 53.1 Å². The van der Waals surface area contributed by atoms with Crippen LogP contribution < -0.4 is 0 Å².